The van der Waals surface area contributed by atoms with Crippen molar-refractivity contribution in [3.63, 3.8) is 0 Å². The highest BCUT2D eigenvalue weighted by Crippen LogP contribution is 2.25. The highest BCUT2D eigenvalue weighted by atomic mass is 32.2. The van der Waals surface area contributed by atoms with E-state index in [0.717, 1.165) is 23.6 Å². The predicted octanol–water partition coefficient (Wildman–Crippen LogP) is 6.98. The van der Waals surface area contributed by atoms with Crippen LogP contribution in [0.25, 0.3) is 0 Å². The molecule has 0 aliphatic rings. The van der Waals surface area contributed by atoms with Gasteiger partial charge in [-0.1, -0.05) is 122 Å². The Morgan fingerprint density at radius 3 is 1.74 bits per heavy atom. The summed E-state index contributed by atoms with van der Waals surface area (Å²) < 4.78 is 31.9. The Kier molecular flexibility index (Phi) is 17.5. The van der Waals surface area contributed by atoms with Crippen molar-refractivity contribution in [2.24, 2.45) is 5.41 Å². The molecular weight excluding hydrogens is 512 g/mol. The molecule has 1 N–H and O–H groups in total. The fraction of sp³-hybridized carbons (Fsp3) is 0.742. The molecule has 1 atom stereocenters. The molecule has 7 nitrogen and oxygen atoms in total. The van der Waals surface area contributed by atoms with E-state index in [2.05, 4.69) is 12.2 Å². The van der Waals surface area contributed by atoms with Crippen LogP contribution in [-0.4, -0.2) is 57.0 Å². The highest BCUT2D eigenvalue weighted by Gasteiger charge is 2.42. The molecule has 0 heterocycles. The summed E-state index contributed by atoms with van der Waals surface area (Å²) in [5, 5.41) is 2.74. The largest absolute Gasteiger partial charge is 0.361 e. The molecule has 0 spiro atoms. The number of hydrogen-bond donors (Lipinski definition) is 1. The number of sulfonamides is 1. The van der Waals surface area contributed by atoms with Crippen LogP contribution in [0.4, 0.5) is 5.69 Å². The van der Waals surface area contributed by atoms with Gasteiger partial charge in [-0.05, 0) is 18.6 Å². The monoisotopic (exact) mass is 566 g/mol. The normalized spacial score (nSPS) is 13.0. The predicted molar refractivity (Wildman–Crippen MR) is 161 cm³/mol. The zero-order chi connectivity index (χ0) is 29.2. The van der Waals surface area contributed by atoms with Crippen molar-refractivity contribution in [2.75, 3.05) is 31.8 Å². The van der Waals surface area contributed by atoms with E-state index in [0.29, 0.717) is 5.69 Å². The Balaban J connectivity index is 2.48. The number of anilines is 1. The Hall–Kier alpha value is -1.77. The molecule has 1 aromatic carbocycles. The number of carbonyl (C=O) groups is 2. The maximum Gasteiger partial charge on any atom is 0.261 e. The van der Waals surface area contributed by atoms with E-state index < -0.39 is 39.0 Å². The van der Waals surface area contributed by atoms with Crippen molar-refractivity contribution in [2.45, 2.75) is 117 Å². The van der Waals surface area contributed by atoms with Crippen molar-refractivity contribution >= 4 is 27.4 Å². The molecule has 1 amide bonds. The first-order valence-corrected chi connectivity index (χ1v) is 16.5. The van der Waals surface area contributed by atoms with E-state index in [-0.39, 0.29) is 6.61 Å². The van der Waals surface area contributed by atoms with Crippen LogP contribution in [0, 0.1) is 5.41 Å². The zero-order valence-electron chi connectivity index (χ0n) is 25.2. The standard InChI is InChI=1S/C31H54N2O5S/c1-6-7-8-9-10-11-12-13-14-15-16-17-18-22-25-38-28(30(35)32-27-23-20-19-21-24-27)29(34)31(2,3)26-39(36,37)33(4)5/h19-21,23-24,28H,6-18,22,25-26H2,1-5H3,(H,32,35). The number of amides is 1. The number of rotatable bonds is 23. The van der Waals surface area contributed by atoms with Crippen LogP contribution in [-0.2, 0) is 24.3 Å². The number of nitrogens with zero attached hydrogens (tertiary/aromatic N) is 1. The molecular formula is C31H54N2O5S. The molecule has 0 fully saturated rings. The maximum absolute atomic E-state index is 13.4. The van der Waals surface area contributed by atoms with Crippen molar-refractivity contribution in [3.8, 4) is 0 Å². The van der Waals surface area contributed by atoms with Gasteiger partial charge in [-0.25, -0.2) is 12.7 Å². The lowest BCUT2D eigenvalue weighted by molar-refractivity contribution is -0.146. The fourth-order valence-electron chi connectivity index (χ4n) is 4.51. The number of ether oxygens (including phenoxy) is 1. The third-order valence-corrected chi connectivity index (χ3v) is 9.27. The zero-order valence-corrected chi connectivity index (χ0v) is 26.0. The van der Waals surface area contributed by atoms with Gasteiger partial charge in [0.1, 0.15) is 0 Å². The molecule has 1 rings (SSSR count). The molecule has 1 unspecified atom stereocenters. The molecule has 0 saturated heterocycles. The van der Waals surface area contributed by atoms with Gasteiger partial charge in [-0.2, -0.15) is 0 Å². The first-order valence-electron chi connectivity index (χ1n) is 14.9. The van der Waals surface area contributed by atoms with Crippen molar-refractivity contribution < 1.29 is 22.7 Å². The molecule has 0 saturated carbocycles. The van der Waals surface area contributed by atoms with Gasteiger partial charge in [-0.3, -0.25) is 9.59 Å². The average Bonchev–Trinajstić information content (AvgIpc) is 2.88. The van der Waals surface area contributed by atoms with Gasteiger partial charge in [-0.15, -0.1) is 0 Å². The number of carbonyl (C=O) groups excluding carboxylic acids is 2. The average molecular weight is 567 g/mol. The summed E-state index contributed by atoms with van der Waals surface area (Å²) in [6, 6.07) is 8.87. The van der Waals surface area contributed by atoms with E-state index in [1.165, 1.54) is 84.7 Å². The Bertz CT molecular complexity index is 916. The first-order chi connectivity index (χ1) is 18.5. The van der Waals surface area contributed by atoms with Gasteiger partial charge >= 0.3 is 0 Å². The Labute approximate surface area is 238 Å². The second-order valence-corrected chi connectivity index (χ2v) is 13.7. The minimum Gasteiger partial charge on any atom is -0.361 e. The van der Waals surface area contributed by atoms with E-state index >= 15 is 0 Å². The Morgan fingerprint density at radius 2 is 1.28 bits per heavy atom. The van der Waals surface area contributed by atoms with Gasteiger partial charge in [0.15, 0.2) is 11.9 Å². The van der Waals surface area contributed by atoms with Crippen LogP contribution in [0.1, 0.15) is 111 Å². The van der Waals surface area contributed by atoms with Crippen LogP contribution in [0.15, 0.2) is 30.3 Å². The van der Waals surface area contributed by atoms with Crippen LogP contribution in [0.3, 0.4) is 0 Å². The van der Waals surface area contributed by atoms with Crippen LogP contribution in [0.2, 0.25) is 0 Å². The molecule has 0 aromatic heterocycles. The third-order valence-electron chi connectivity index (χ3n) is 7.07. The summed E-state index contributed by atoms with van der Waals surface area (Å²) in [6.45, 7) is 5.62. The van der Waals surface area contributed by atoms with E-state index in [4.69, 9.17) is 4.74 Å². The van der Waals surface area contributed by atoms with Crippen molar-refractivity contribution in [3.05, 3.63) is 30.3 Å². The summed E-state index contributed by atoms with van der Waals surface area (Å²) in [7, 11) is -0.780. The number of unbranched alkanes of at least 4 members (excludes halogenated alkanes) is 13. The maximum atomic E-state index is 13.4. The van der Waals surface area contributed by atoms with Gasteiger partial charge in [0.2, 0.25) is 10.0 Å². The summed E-state index contributed by atoms with van der Waals surface area (Å²) in [5.74, 6) is -1.51. The quantitative estimate of drug-likeness (QED) is 0.114. The lowest BCUT2D eigenvalue weighted by atomic mass is 9.87. The van der Waals surface area contributed by atoms with E-state index in [9.17, 15) is 18.0 Å². The lowest BCUT2D eigenvalue weighted by Crippen LogP contribution is -2.48. The lowest BCUT2D eigenvalue weighted by Gasteiger charge is -2.28. The minimum atomic E-state index is -3.64. The summed E-state index contributed by atoms with van der Waals surface area (Å²) in [4.78, 5) is 26.5. The fourth-order valence-corrected chi connectivity index (χ4v) is 5.82. The minimum absolute atomic E-state index is 0.271. The molecule has 0 aliphatic heterocycles. The number of Topliss-reactive ketones (excluding diaryl/α,β-unsaturated/α-hetero) is 1. The molecule has 39 heavy (non-hydrogen) atoms. The highest BCUT2D eigenvalue weighted by molar-refractivity contribution is 7.89. The first kappa shape index (κ1) is 35.3. The topological polar surface area (TPSA) is 92.8 Å². The van der Waals surface area contributed by atoms with Crippen molar-refractivity contribution in [1.82, 2.24) is 4.31 Å². The molecule has 0 radical (unpaired) electrons. The Morgan fingerprint density at radius 1 is 0.821 bits per heavy atom. The smallest absolute Gasteiger partial charge is 0.261 e. The van der Waals surface area contributed by atoms with E-state index in [1.807, 2.05) is 6.07 Å². The number of benzene rings is 1. The van der Waals surface area contributed by atoms with Crippen molar-refractivity contribution in [1.29, 1.82) is 0 Å². The van der Waals surface area contributed by atoms with Gasteiger partial charge < -0.3 is 10.1 Å². The van der Waals surface area contributed by atoms with Crippen LogP contribution < -0.4 is 5.32 Å². The second-order valence-electron chi connectivity index (χ2n) is 11.5. The van der Waals surface area contributed by atoms with Crippen LogP contribution >= 0.6 is 0 Å². The summed E-state index contributed by atoms with van der Waals surface area (Å²) in [5.41, 5.74) is -0.740. The molecule has 0 bridgehead atoms. The van der Waals surface area contributed by atoms with Crippen LogP contribution in [0.5, 0.6) is 0 Å². The third kappa shape index (κ3) is 15.0. The number of nitrogens with one attached hydrogen (secondary N) is 1. The number of ketones is 1. The van der Waals surface area contributed by atoms with E-state index in [1.54, 1.807) is 38.1 Å². The van der Waals surface area contributed by atoms with Gasteiger partial charge in [0, 0.05) is 31.8 Å². The summed E-state index contributed by atoms with van der Waals surface area (Å²) >= 11 is 0. The van der Waals surface area contributed by atoms with Gasteiger partial charge in [0.25, 0.3) is 5.91 Å². The SMILES string of the molecule is CCCCCCCCCCCCCCCCOC(C(=O)Nc1ccccc1)C(=O)C(C)(C)CS(=O)(=O)N(C)C. The summed E-state index contributed by atoms with van der Waals surface area (Å²) in [6.07, 6.45) is 16.0. The molecule has 0 aliphatic carbocycles. The molecule has 8 heteroatoms. The molecule has 1 aromatic rings. The number of hydrogen-bond acceptors (Lipinski definition) is 5. The molecule has 224 valence electrons. The number of para-hydroxylation sites is 1. The van der Waals surface area contributed by atoms with Gasteiger partial charge in [0.05, 0.1) is 5.75 Å². The second kappa shape index (κ2) is 19.3.